The van der Waals surface area contributed by atoms with Crippen LogP contribution in [0.3, 0.4) is 0 Å². The van der Waals surface area contributed by atoms with Gasteiger partial charge in [-0.25, -0.2) is 4.39 Å². The lowest BCUT2D eigenvalue weighted by molar-refractivity contribution is -0.145. The summed E-state index contributed by atoms with van der Waals surface area (Å²) in [6.07, 6.45) is 1.64. The van der Waals surface area contributed by atoms with Crippen LogP contribution in [-0.2, 0) is 20.7 Å². The van der Waals surface area contributed by atoms with Gasteiger partial charge in [-0.3, -0.25) is 9.59 Å². The minimum Gasteiger partial charge on any atom is -0.368 e. The summed E-state index contributed by atoms with van der Waals surface area (Å²) in [7, 11) is 0. The zero-order chi connectivity index (χ0) is 19.0. The van der Waals surface area contributed by atoms with E-state index in [1.54, 1.807) is 15.9 Å². The maximum absolute atomic E-state index is 13.9. The molecule has 2 fully saturated rings. The number of halogens is 1. The average Bonchev–Trinajstić information content (AvgIpc) is 3.31. The molecule has 0 saturated carbocycles. The predicted molar refractivity (Wildman–Crippen MR) is 98.8 cm³/mol. The van der Waals surface area contributed by atoms with Crippen molar-refractivity contribution in [2.24, 2.45) is 0 Å². The lowest BCUT2D eigenvalue weighted by atomic mass is 10.1. The normalized spacial score (nSPS) is 20.4. The fourth-order valence-corrected chi connectivity index (χ4v) is 4.01. The fraction of sp³-hybridized carbons (Fsp3) is 0.500. The van der Waals surface area contributed by atoms with Crippen LogP contribution in [0.15, 0.2) is 18.2 Å². The Morgan fingerprint density at radius 3 is 2.67 bits per heavy atom. The topological polar surface area (TPSA) is 65.6 Å². The van der Waals surface area contributed by atoms with Crippen LogP contribution in [-0.4, -0.2) is 65.5 Å². The van der Waals surface area contributed by atoms with Crippen molar-refractivity contribution in [3.05, 3.63) is 35.3 Å². The van der Waals surface area contributed by atoms with Crippen molar-refractivity contribution < 1.29 is 18.7 Å². The highest BCUT2D eigenvalue weighted by molar-refractivity contribution is 5.90. The van der Waals surface area contributed by atoms with E-state index in [2.05, 4.69) is 4.98 Å². The number of benzene rings is 1. The Kier molecular flexibility index (Phi) is 4.86. The van der Waals surface area contributed by atoms with Crippen molar-refractivity contribution in [3.63, 3.8) is 0 Å². The predicted octanol–water partition coefficient (Wildman–Crippen LogP) is 2.01. The molecule has 27 heavy (non-hydrogen) atoms. The van der Waals surface area contributed by atoms with E-state index in [4.69, 9.17) is 4.74 Å². The number of hydrogen-bond donors (Lipinski definition) is 1. The zero-order valence-corrected chi connectivity index (χ0v) is 15.5. The van der Waals surface area contributed by atoms with Gasteiger partial charge in [0.25, 0.3) is 5.91 Å². The molecule has 0 aliphatic carbocycles. The van der Waals surface area contributed by atoms with Gasteiger partial charge in [0.05, 0.1) is 11.9 Å². The monoisotopic (exact) mass is 373 g/mol. The van der Waals surface area contributed by atoms with Gasteiger partial charge in [-0.1, -0.05) is 12.1 Å². The van der Waals surface area contributed by atoms with Crippen molar-refractivity contribution >= 4 is 22.7 Å². The van der Waals surface area contributed by atoms with E-state index in [1.807, 2.05) is 13.0 Å². The Balaban J connectivity index is 1.40. The molecule has 1 N–H and O–H groups in total. The second kappa shape index (κ2) is 7.31. The second-order valence-corrected chi connectivity index (χ2v) is 7.28. The number of aryl methyl sites for hydroxylation is 1. The molecule has 1 atom stereocenters. The van der Waals surface area contributed by atoms with Crippen LogP contribution in [0.4, 0.5) is 4.39 Å². The number of rotatable bonds is 3. The third-order valence-electron chi connectivity index (χ3n) is 5.58. The molecule has 0 unspecified atom stereocenters. The highest BCUT2D eigenvalue weighted by Gasteiger charge is 2.31. The first-order chi connectivity index (χ1) is 13.0. The third-order valence-corrected chi connectivity index (χ3v) is 5.58. The van der Waals surface area contributed by atoms with E-state index >= 15 is 0 Å². The van der Waals surface area contributed by atoms with Crippen molar-refractivity contribution in [1.29, 1.82) is 0 Å². The lowest BCUT2D eigenvalue weighted by Gasteiger charge is -2.35. The van der Waals surface area contributed by atoms with Gasteiger partial charge in [0.2, 0.25) is 5.91 Å². The molecule has 144 valence electrons. The Morgan fingerprint density at radius 2 is 1.96 bits per heavy atom. The zero-order valence-electron chi connectivity index (χ0n) is 15.5. The van der Waals surface area contributed by atoms with Gasteiger partial charge in [-0.2, -0.15) is 0 Å². The standard InChI is InChI=1S/C20H24FN3O3/c1-13-15(14-4-2-5-16(21)19(14)22-13)12-18(25)23-7-9-24(10-8-23)20(26)17-6-3-11-27-17/h2,4-5,17,22H,3,6-12H2,1H3/t17-/m1/s1. The molecule has 2 aromatic rings. The molecule has 2 aliphatic rings. The van der Waals surface area contributed by atoms with Gasteiger partial charge in [0, 0.05) is 43.9 Å². The van der Waals surface area contributed by atoms with Gasteiger partial charge >= 0.3 is 0 Å². The Bertz CT molecular complexity index is 865. The molecule has 2 saturated heterocycles. The Labute approximate surface area is 157 Å². The van der Waals surface area contributed by atoms with Crippen LogP contribution in [0, 0.1) is 12.7 Å². The molecule has 4 rings (SSSR count). The number of amides is 2. The number of para-hydroxylation sites is 1. The molecule has 0 bridgehead atoms. The maximum atomic E-state index is 13.9. The molecule has 1 aromatic heterocycles. The van der Waals surface area contributed by atoms with Gasteiger partial charge < -0.3 is 19.5 Å². The van der Waals surface area contributed by atoms with Crippen molar-refractivity contribution in [2.75, 3.05) is 32.8 Å². The summed E-state index contributed by atoms with van der Waals surface area (Å²) in [6, 6.07) is 4.91. The number of H-pyrrole nitrogens is 1. The van der Waals surface area contributed by atoms with Crippen molar-refractivity contribution in [3.8, 4) is 0 Å². The molecule has 2 amide bonds. The summed E-state index contributed by atoms with van der Waals surface area (Å²) in [5, 5.41) is 0.757. The molecule has 0 radical (unpaired) electrons. The molecular formula is C20H24FN3O3. The molecule has 2 aliphatic heterocycles. The van der Waals surface area contributed by atoms with Crippen LogP contribution in [0.5, 0.6) is 0 Å². The average molecular weight is 373 g/mol. The first-order valence-electron chi connectivity index (χ1n) is 9.48. The summed E-state index contributed by atoms with van der Waals surface area (Å²) in [4.78, 5) is 31.8. The molecule has 6 nitrogen and oxygen atoms in total. The van der Waals surface area contributed by atoms with E-state index < -0.39 is 0 Å². The van der Waals surface area contributed by atoms with E-state index in [0.717, 1.165) is 29.5 Å². The van der Waals surface area contributed by atoms with Crippen molar-refractivity contribution in [2.45, 2.75) is 32.3 Å². The van der Waals surface area contributed by atoms with E-state index in [0.29, 0.717) is 38.3 Å². The number of fused-ring (bicyclic) bond motifs is 1. The quantitative estimate of drug-likeness (QED) is 0.895. The number of carbonyl (C=O) groups excluding carboxylic acids is 2. The molecule has 1 aromatic carbocycles. The number of piperazine rings is 1. The number of hydrogen-bond acceptors (Lipinski definition) is 3. The van der Waals surface area contributed by atoms with E-state index in [9.17, 15) is 14.0 Å². The summed E-state index contributed by atoms with van der Waals surface area (Å²) in [6.45, 7) is 4.62. The van der Waals surface area contributed by atoms with Crippen LogP contribution >= 0.6 is 0 Å². The summed E-state index contributed by atoms with van der Waals surface area (Å²) in [5.41, 5.74) is 2.10. The highest BCUT2D eigenvalue weighted by atomic mass is 19.1. The van der Waals surface area contributed by atoms with Crippen LogP contribution < -0.4 is 0 Å². The fourth-order valence-electron chi connectivity index (χ4n) is 4.01. The van der Waals surface area contributed by atoms with Crippen molar-refractivity contribution in [1.82, 2.24) is 14.8 Å². The molecule has 0 spiro atoms. The lowest BCUT2D eigenvalue weighted by Crippen LogP contribution is -2.53. The molecular weight excluding hydrogens is 349 g/mol. The highest BCUT2D eigenvalue weighted by Crippen LogP contribution is 2.25. The van der Waals surface area contributed by atoms with Gasteiger partial charge in [0.15, 0.2) is 0 Å². The third kappa shape index (κ3) is 3.43. The minimum absolute atomic E-state index is 0.00692. The van der Waals surface area contributed by atoms with E-state index in [1.165, 1.54) is 6.07 Å². The van der Waals surface area contributed by atoms with Gasteiger partial charge in [-0.05, 0) is 31.4 Å². The summed E-state index contributed by atoms with van der Waals surface area (Å²) < 4.78 is 19.4. The van der Waals surface area contributed by atoms with Crippen LogP contribution in [0.25, 0.3) is 10.9 Å². The first kappa shape index (κ1) is 18.0. The number of ether oxygens (including phenoxy) is 1. The van der Waals surface area contributed by atoms with Gasteiger partial charge in [0.1, 0.15) is 11.9 Å². The Morgan fingerprint density at radius 1 is 1.22 bits per heavy atom. The summed E-state index contributed by atoms with van der Waals surface area (Å²) >= 11 is 0. The number of nitrogens with one attached hydrogen (secondary N) is 1. The number of carbonyl (C=O) groups is 2. The van der Waals surface area contributed by atoms with Crippen LogP contribution in [0.2, 0.25) is 0 Å². The maximum Gasteiger partial charge on any atom is 0.251 e. The Hall–Kier alpha value is -2.41. The molecule has 7 heteroatoms. The number of aromatic amines is 1. The van der Waals surface area contributed by atoms with Crippen LogP contribution in [0.1, 0.15) is 24.1 Å². The van der Waals surface area contributed by atoms with Gasteiger partial charge in [-0.15, -0.1) is 0 Å². The number of aromatic nitrogens is 1. The smallest absolute Gasteiger partial charge is 0.251 e. The first-order valence-corrected chi connectivity index (χ1v) is 9.48. The number of nitrogens with zero attached hydrogens (tertiary/aromatic N) is 2. The largest absolute Gasteiger partial charge is 0.368 e. The summed E-state index contributed by atoms with van der Waals surface area (Å²) in [5.74, 6) is -0.259. The van der Waals surface area contributed by atoms with E-state index in [-0.39, 0.29) is 30.2 Å². The SMILES string of the molecule is Cc1[nH]c2c(F)cccc2c1CC(=O)N1CCN(C(=O)[C@H]2CCCO2)CC1. The molecule has 3 heterocycles. The second-order valence-electron chi connectivity index (χ2n) is 7.28. The minimum atomic E-state index is -0.310.